The van der Waals surface area contributed by atoms with Gasteiger partial charge < -0.3 is 4.74 Å². The number of hydrogen-bond donors (Lipinski definition) is 0. The number of rotatable bonds is 4. The van der Waals surface area contributed by atoms with Gasteiger partial charge in [0.05, 0.1) is 17.2 Å². The lowest BCUT2D eigenvalue weighted by Crippen LogP contribution is -2.08. The van der Waals surface area contributed by atoms with Gasteiger partial charge in [0.2, 0.25) is 0 Å². The Balaban J connectivity index is 1.71. The molecule has 3 rings (SSSR count). The fourth-order valence-electron chi connectivity index (χ4n) is 2.28. The van der Waals surface area contributed by atoms with Crippen molar-refractivity contribution in [3.05, 3.63) is 101 Å². The molecule has 0 heterocycles. The van der Waals surface area contributed by atoms with Crippen molar-refractivity contribution in [2.75, 3.05) is 0 Å². The van der Waals surface area contributed by atoms with Crippen LogP contribution in [0.2, 0.25) is 0 Å². The van der Waals surface area contributed by atoms with Crippen LogP contribution in [-0.4, -0.2) is 11.8 Å². The number of carbonyl (C=O) groups excluding carboxylic acids is 2. The molecule has 0 fully saturated rings. The van der Waals surface area contributed by atoms with Gasteiger partial charge in [0.15, 0.2) is 5.78 Å². The Morgan fingerprint density at radius 3 is 1.88 bits per heavy atom. The van der Waals surface area contributed by atoms with Gasteiger partial charge >= 0.3 is 5.97 Å². The molecular weight excluding hydrogens is 314 g/mol. The van der Waals surface area contributed by atoms with Gasteiger partial charge in [-0.05, 0) is 48.5 Å². The van der Waals surface area contributed by atoms with Crippen molar-refractivity contribution in [1.82, 2.24) is 0 Å². The van der Waals surface area contributed by atoms with E-state index in [0.29, 0.717) is 28.0 Å². The smallest absolute Gasteiger partial charge is 0.343 e. The Hall–Kier alpha value is -3.71. The van der Waals surface area contributed by atoms with Crippen molar-refractivity contribution in [1.29, 1.82) is 5.26 Å². The van der Waals surface area contributed by atoms with E-state index in [2.05, 4.69) is 0 Å². The molecule has 0 spiro atoms. The molecule has 0 aliphatic carbocycles. The molecule has 0 unspecified atom stereocenters. The predicted octanol–water partition coefficient (Wildman–Crippen LogP) is 4.01. The molecule has 0 aliphatic heterocycles. The third-order valence-corrected chi connectivity index (χ3v) is 3.61. The first kappa shape index (κ1) is 16.2. The standard InChI is InChI=1S/C21H13NO3/c22-14-15-6-8-18(9-7-15)21(24)25-19-12-10-17(11-13-19)20(23)16-4-2-1-3-5-16/h1-13H. The molecule has 0 saturated heterocycles. The molecule has 0 bridgehead atoms. The van der Waals surface area contributed by atoms with Gasteiger partial charge in [-0.2, -0.15) is 5.26 Å². The molecule has 120 valence electrons. The van der Waals surface area contributed by atoms with Crippen LogP contribution in [0.4, 0.5) is 0 Å². The third-order valence-electron chi connectivity index (χ3n) is 3.61. The summed E-state index contributed by atoms with van der Waals surface area (Å²) < 4.78 is 5.28. The second-order valence-corrected chi connectivity index (χ2v) is 5.30. The summed E-state index contributed by atoms with van der Waals surface area (Å²) in [5.74, 6) is -0.267. The minimum absolute atomic E-state index is 0.0921. The van der Waals surface area contributed by atoms with E-state index in [-0.39, 0.29) is 5.78 Å². The summed E-state index contributed by atoms with van der Waals surface area (Å²) in [7, 11) is 0. The number of esters is 1. The molecule has 0 amide bonds. The average Bonchev–Trinajstić information content (AvgIpc) is 2.68. The van der Waals surface area contributed by atoms with E-state index in [1.54, 1.807) is 60.7 Å². The van der Waals surface area contributed by atoms with E-state index in [1.807, 2.05) is 12.1 Å². The highest BCUT2D eigenvalue weighted by Gasteiger charge is 2.11. The minimum Gasteiger partial charge on any atom is -0.423 e. The molecule has 3 aromatic rings. The van der Waals surface area contributed by atoms with Crippen LogP contribution >= 0.6 is 0 Å². The lowest BCUT2D eigenvalue weighted by atomic mass is 10.0. The molecule has 3 aromatic carbocycles. The highest BCUT2D eigenvalue weighted by atomic mass is 16.5. The van der Waals surface area contributed by atoms with E-state index >= 15 is 0 Å². The van der Waals surface area contributed by atoms with E-state index in [9.17, 15) is 9.59 Å². The summed E-state index contributed by atoms with van der Waals surface area (Å²) in [5.41, 5.74) is 1.94. The summed E-state index contributed by atoms with van der Waals surface area (Å²) in [6.45, 7) is 0. The third kappa shape index (κ3) is 3.80. The molecule has 0 saturated carbocycles. The van der Waals surface area contributed by atoms with Crippen molar-refractivity contribution in [3.63, 3.8) is 0 Å². The number of nitriles is 1. The molecule has 4 nitrogen and oxygen atoms in total. The number of benzene rings is 3. The first-order chi connectivity index (χ1) is 12.2. The molecular formula is C21H13NO3. The summed E-state index contributed by atoms with van der Waals surface area (Å²) in [6.07, 6.45) is 0. The van der Waals surface area contributed by atoms with Gasteiger partial charge in [-0.15, -0.1) is 0 Å². The number of hydrogen-bond acceptors (Lipinski definition) is 4. The topological polar surface area (TPSA) is 67.2 Å². The Bertz CT molecular complexity index is 937. The second-order valence-electron chi connectivity index (χ2n) is 5.30. The van der Waals surface area contributed by atoms with E-state index in [4.69, 9.17) is 10.00 Å². The summed E-state index contributed by atoms with van der Waals surface area (Å²) in [4.78, 5) is 24.4. The van der Waals surface area contributed by atoms with Crippen molar-refractivity contribution in [2.24, 2.45) is 0 Å². The number of ether oxygens (including phenoxy) is 1. The van der Waals surface area contributed by atoms with Crippen LogP contribution in [0.5, 0.6) is 5.75 Å². The Morgan fingerprint density at radius 2 is 1.28 bits per heavy atom. The summed E-state index contributed by atoms with van der Waals surface area (Å²) in [6, 6.07) is 23.5. The monoisotopic (exact) mass is 327 g/mol. The first-order valence-corrected chi connectivity index (χ1v) is 7.59. The molecule has 0 aliphatic rings. The first-order valence-electron chi connectivity index (χ1n) is 7.59. The fourth-order valence-corrected chi connectivity index (χ4v) is 2.28. The number of nitrogens with zero attached hydrogens (tertiary/aromatic N) is 1. The predicted molar refractivity (Wildman–Crippen MR) is 92.4 cm³/mol. The average molecular weight is 327 g/mol. The molecule has 0 atom stereocenters. The Kier molecular flexibility index (Phi) is 4.68. The van der Waals surface area contributed by atoms with E-state index in [0.717, 1.165) is 0 Å². The normalized spacial score (nSPS) is 9.88. The molecule has 0 radical (unpaired) electrons. The van der Waals surface area contributed by atoms with E-state index in [1.165, 1.54) is 12.1 Å². The maximum atomic E-state index is 12.3. The van der Waals surface area contributed by atoms with Crippen LogP contribution in [-0.2, 0) is 0 Å². The van der Waals surface area contributed by atoms with Crippen molar-refractivity contribution >= 4 is 11.8 Å². The van der Waals surface area contributed by atoms with Gasteiger partial charge in [0.25, 0.3) is 0 Å². The summed E-state index contributed by atoms with van der Waals surface area (Å²) >= 11 is 0. The van der Waals surface area contributed by atoms with Gasteiger partial charge in [0.1, 0.15) is 5.75 Å². The highest BCUT2D eigenvalue weighted by molar-refractivity contribution is 6.09. The zero-order chi connectivity index (χ0) is 17.6. The van der Waals surface area contributed by atoms with Gasteiger partial charge in [0, 0.05) is 11.1 Å². The van der Waals surface area contributed by atoms with Crippen LogP contribution in [0.3, 0.4) is 0 Å². The Labute approximate surface area is 144 Å². The van der Waals surface area contributed by atoms with Crippen LogP contribution in [0, 0.1) is 11.3 Å². The molecule has 0 N–H and O–H groups in total. The maximum Gasteiger partial charge on any atom is 0.343 e. The van der Waals surface area contributed by atoms with Crippen molar-refractivity contribution in [3.8, 4) is 11.8 Å². The number of ketones is 1. The number of carbonyl (C=O) groups is 2. The largest absolute Gasteiger partial charge is 0.423 e. The zero-order valence-corrected chi connectivity index (χ0v) is 13.2. The highest BCUT2D eigenvalue weighted by Crippen LogP contribution is 2.17. The van der Waals surface area contributed by atoms with Gasteiger partial charge in [-0.3, -0.25) is 4.79 Å². The maximum absolute atomic E-state index is 12.3. The lowest BCUT2D eigenvalue weighted by molar-refractivity contribution is 0.0734. The SMILES string of the molecule is N#Cc1ccc(C(=O)Oc2ccc(C(=O)c3ccccc3)cc2)cc1. The van der Waals surface area contributed by atoms with Crippen LogP contribution in [0.15, 0.2) is 78.9 Å². The second kappa shape index (κ2) is 7.24. The van der Waals surface area contributed by atoms with Gasteiger partial charge in [-0.1, -0.05) is 30.3 Å². The van der Waals surface area contributed by atoms with Crippen molar-refractivity contribution < 1.29 is 14.3 Å². The van der Waals surface area contributed by atoms with Crippen molar-refractivity contribution in [2.45, 2.75) is 0 Å². The molecule has 0 aromatic heterocycles. The van der Waals surface area contributed by atoms with Crippen LogP contribution in [0.1, 0.15) is 31.8 Å². The quantitative estimate of drug-likeness (QED) is 0.412. The van der Waals surface area contributed by atoms with Crippen LogP contribution < -0.4 is 4.74 Å². The molecule has 25 heavy (non-hydrogen) atoms. The zero-order valence-electron chi connectivity index (χ0n) is 13.2. The van der Waals surface area contributed by atoms with E-state index < -0.39 is 5.97 Å². The summed E-state index contributed by atoms with van der Waals surface area (Å²) in [5, 5.41) is 8.76. The minimum atomic E-state index is -0.522. The molecule has 4 heteroatoms. The lowest BCUT2D eigenvalue weighted by Gasteiger charge is -2.06. The van der Waals surface area contributed by atoms with Gasteiger partial charge in [-0.25, -0.2) is 4.79 Å². The fraction of sp³-hybridized carbons (Fsp3) is 0. The van der Waals surface area contributed by atoms with Crippen LogP contribution in [0.25, 0.3) is 0 Å². The Morgan fingerprint density at radius 1 is 0.720 bits per heavy atom.